The van der Waals surface area contributed by atoms with Crippen molar-refractivity contribution >= 4 is 17.8 Å². The second-order valence-electron chi connectivity index (χ2n) is 4.56. The molecule has 1 saturated heterocycles. The van der Waals surface area contributed by atoms with Gasteiger partial charge < -0.3 is 4.74 Å². The monoisotopic (exact) mass is 270 g/mol. The van der Waals surface area contributed by atoms with Crippen LogP contribution in [0.5, 0.6) is 0 Å². The topological polar surface area (TPSA) is 66.9 Å². The van der Waals surface area contributed by atoms with E-state index in [1.807, 2.05) is 6.92 Å². The molecule has 19 heavy (non-hydrogen) atoms. The molecule has 0 unspecified atom stereocenters. The molecular formula is C13H22N2O4. The summed E-state index contributed by atoms with van der Waals surface area (Å²) in [5, 5.41) is 0. The van der Waals surface area contributed by atoms with E-state index in [2.05, 4.69) is 0 Å². The van der Waals surface area contributed by atoms with Crippen molar-refractivity contribution in [3.05, 3.63) is 0 Å². The van der Waals surface area contributed by atoms with Gasteiger partial charge in [-0.25, -0.2) is 0 Å². The summed E-state index contributed by atoms with van der Waals surface area (Å²) >= 11 is 0. The van der Waals surface area contributed by atoms with Gasteiger partial charge in [-0.3, -0.25) is 24.2 Å². The molecule has 6 nitrogen and oxygen atoms in total. The van der Waals surface area contributed by atoms with Gasteiger partial charge in [-0.05, 0) is 26.3 Å². The van der Waals surface area contributed by atoms with Crippen LogP contribution < -0.4 is 0 Å². The summed E-state index contributed by atoms with van der Waals surface area (Å²) in [4.78, 5) is 37.9. The zero-order valence-electron chi connectivity index (χ0n) is 11.7. The third-order valence-electron chi connectivity index (χ3n) is 2.93. The first-order valence-electron chi connectivity index (χ1n) is 6.79. The van der Waals surface area contributed by atoms with Crippen LogP contribution in [-0.4, -0.2) is 60.4 Å². The van der Waals surface area contributed by atoms with E-state index in [0.29, 0.717) is 26.1 Å². The molecule has 0 aromatic rings. The Labute approximate surface area is 113 Å². The Morgan fingerprint density at radius 1 is 1.32 bits per heavy atom. The minimum Gasteiger partial charge on any atom is -0.465 e. The van der Waals surface area contributed by atoms with Crippen molar-refractivity contribution in [2.75, 3.05) is 32.8 Å². The van der Waals surface area contributed by atoms with E-state index in [-0.39, 0.29) is 30.9 Å². The van der Waals surface area contributed by atoms with Crippen LogP contribution in [0.3, 0.4) is 0 Å². The number of nitrogens with zero attached hydrogens (tertiary/aromatic N) is 2. The van der Waals surface area contributed by atoms with Crippen molar-refractivity contribution in [1.82, 2.24) is 9.80 Å². The molecule has 0 saturated carbocycles. The van der Waals surface area contributed by atoms with Crippen LogP contribution in [0.15, 0.2) is 0 Å². The number of hydrogen-bond acceptors (Lipinski definition) is 5. The number of rotatable bonds is 7. The maximum absolute atomic E-state index is 12.0. The molecule has 0 spiro atoms. The SMILES string of the molecule is CCCN(CC(=O)OCC)CC(=O)N1CCCC1=O. The van der Waals surface area contributed by atoms with Crippen molar-refractivity contribution in [3.63, 3.8) is 0 Å². The molecule has 108 valence electrons. The molecule has 1 rings (SSSR count). The summed E-state index contributed by atoms with van der Waals surface area (Å²) in [6, 6.07) is 0. The Hall–Kier alpha value is -1.43. The minimum atomic E-state index is -0.337. The van der Waals surface area contributed by atoms with Gasteiger partial charge in [0.25, 0.3) is 0 Å². The lowest BCUT2D eigenvalue weighted by Crippen LogP contribution is -2.43. The van der Waals surface area contributed by atoms with Crippen molar-refractivity contribution in [2.45, 2.75) is 33.1 Å². The van der Waals surface area contributed by atoms with Gasteiger partial charge in [-0.15, -0.1) is 0 Å². The largest absolute Gasteiger partial charge is 0.465 e. The molecule has 0 atom stereocenters. The van der Waals surface area contributed by atoms with Crippen LogP contribution in [0.1, 0.15) is 33.1 Å². The van der Waals surface area contributed by atoms with E-state index in [9.17, 15) is 14.4 Å². The maximum atomic E-state index is 12.0. The fraction of sp³-hybridized carbons (Fsp3) is 0.769. The Balaban J connectivity index is 2.49. The van der Waals surface area contributed by atoms with Gasteiger partial charge in [0.05, 0.1) is 19.7 Å². The van der Waals surface area contributed by atoms with E-state index >= 15 is 0 Å². The summed E-state index contributed by atoms with van der Waals surface area (Å²) in [7, 11) is 0. The highest BCUT2D eigenvalue weighted by atomic mass is 16.5. The third-order valence-corrected chi connectivity index (χ3v) is 2.93. The fourth-order valence-corrected chi connectivity index (χ4v) is 2.11. The standard InChI is InChI=1S/C13H22N2O4/c1-3-7-14(10-13(18)19-4-2)9-12(17)15-8-5-6-11(15)16/h3-10H2,1-2H3. The highest BCUT2D eigenvalue weighted by Crippen LogP contribution is 2.10. The first-order chi connectivity index (χ1) is 9.08. The summed E-state index contributed by atoms with van der Waals surface area (Å²) in [6.07, 6.45) is 2.01. The smallest absolute Gasteiger partial charge is 0.320 e. The van der Waals surface area contributed by atoms with E-state index in [1.54, 1.807) is 11.8 Å². The van der Waals surface area contributed by atoms with Crippen LogP contribution in [0.4, 0.5) is 0 Å². The molecule has 0 N–H and O–H groups in total. The Morgan fingerprint density at radius 2 is 2.05 bits per heavy atom. The van der Waals surface area contributed by atoms with E-state index < -0.39 is 0 Å². The fourth-order valence-electron chi connectivity index (χ4n) is 2.11. The normalized spacial score (nSPS) is 15.1. The quantitative estimate of drug-likeness (QED) is 0.627. The van der Waals surface area contributed by atoms with Crippen LogP contribution in [0.2, 0.25) is 0 Å². The van der Waals surface area contributed by atoms with Gasteiger partial charge in [-0.1, -0.05) is 6.92 Å². The molecule has 1 aliphatic rings. The lowest BCUT2D eigenvalue weighted by Gasteiger charge is -2.22. The molecule has 0 bridgehead atoms. The number of hydrogen-bond donors (Lipinski definition) is 0. The second kappa shape index (κ2) is 7.89. The van der Waals surface area contributed by atoms with E-state index in [4.69, 9.17) is 4.74 Å². The number of imide groups is 1. The van der Waals surface area contributed by atoms with Crippen LogP contribution in [0, 0.1) is 0 Å². The highest BCUT2D eigenvalue weighted by Gasteiger charge is 2.27. The number of amides is 2. The summed E-state index contributed by atoms with van der Waals surface area (Å²) in [5.41, 5.74) is 0. The zero-order valence-corrected chi connectivity index (χ0v) is 11.7. The van der Waals surface area contributed by atoms with Crippen molar-refractivity contribution < 1.29 is 19.1 Å². The summed E-state index contributed by atoms with van der Waals surface area (Å²) in [5.74, 6) is -0.672. The maximum Gasteiger partial charge on any atom is 0.320 e. The molecule has 1 heterocycles. The van der Waals surface area contributed by atoms with Gasteiger partial charge >= 0.3 is 5.97 Å². The van der Waals surface area contributed by atoms with Gasteiger partial charge in [0.2, 0.25) is 11.8 Å². The van der Waals surface area contributed by atoms with Gasteiger partial charge in [0, 0.05) is 13.0 Å². The van der Waals surface area contributed by atoms with Crippen molar-refractivity contribution in [3.8, 4) is 0 Å². The summed E-state index contributed by atoms with van der Waals surface area (Å²) in [6.45, 7) is 5.37. The lowest BCUT2D eigenvalue weighted by molar-refractivity contribution is -0.146. The first kappa shape index (κ1) is 15.6. The Kier molecular flexibility index (Phi) is 6.49. The van der Waals surface area contributed by atoms with Crippen molar-refractivity contribution in [2.24, 2.45) is 0 Å². The second-order valence-corrected chi connectivity index (χ2v) is 4.56. The molecule has 6 heteroatoms. The predicted molar refractivity (Wildman–Crippen MR) is 69.3 cm³/mol. The van der Waals surface area contributed by atoms with Crippen LogP contribution in [-0.2, 0) is 19.1 Å². The molecule has 1 fully saturated rings. The average molecular weight is 270 g/mol. The molecule has 0 aromatic carbocycles. The molecule has 0 radical (unpaired) electrons. The van der Waals surface area contributed by atoms with Crippen LogP contribution >= 0.6 is 0 Å². The molecule has 2 amide bonds. The average Bonchev–Trinajstić information content (AvgIpc) is 2.76. The molecule has 0 aromatic heterocycles. The lowest BCUT2D eigenvalue weighted by atomic mass is 10.3. The number of carbonyl (C=O) groups is 3. The molecular weight excluding hydrogens is 248 g/mol. The Morgan fingerprint density at radius 3 is 2.58 bits per heavy atom. The van der Waals surface area contributed by atoms with Crippen LogP contribution in [0.25, 0.3) is 0 Å². The number of likely N-dealkylation sites (tertiary alicyclic amines) is 1. The van der Waals surface area contributed by atoms with E-state index in [0.717, 1.165) is 12.8 Å². The third kappa shape index (κ3) is 4.98. The zero-order chi connectivity index (χ0) is 14.3. The van der Waals surface area contributed by atoms with Gasteiger partial charge in [0.1, 0.15) is 0 Å². The Bertz CT molecular complexity index is 344. The minimum absolute atomic E-state index is 0.0927. The van der Waals surface area contributed by atoms with E-state index in [1.165, 1.54) is 4.90 Å². The molecule has 0 aliphatic carbocycles. The number of esters is 1. The van der Waals surface area contributed by atoms with Gasteiger partial charge in [-0.2, -0.15) is 0 Å². The van der Waals surface area contributed by atoms with Gasteiger partial charge in [0.15, 0.2) is 0 Å². The first-order valence-corrected chi connectivity index (χ1v) is 6.79. The number of carbonyl (C=O) groups excluding carboxylic acids is 3. The van der Waals surface area contributed by atoms with Crippen molar-refractivity contribution in [1.29, 1.82) is 0 Å². The summed E-state index contributed by atoms with van der Waals surface area (Å²) < 4.78 is 4.87. The number of ether oxygens (including phenoxy) is 1. The molecule has 1 aliphatic heterocycles. The predicted octanol–water partition coefficient (Wildman–Crippen LogP) is 0.410. The highest BCUT2D eigenvalue weighted by molar-refractivity contribution is 5.97.